The van der Waals surface area contributed by atoms with Crippen molar-refractivity contribution in [1.29, 1.82) is 0 Å². The Bertz CT molecular complexity index is 880. The van der Waals surface area contributed by atoms with Crippen LogP contribution in [0.3, 0.4) is 0 Å². The Kier molecular flexibility index (Phi) is 13.3. The molecule has 5 atom stereocenters. The number of Topliss-reactive ketones (excluding diaryl/α,β-unsaturated/α-hetero) is 1. The lowest BCUT2D eigenvalue weighted by Crippen LogP contribution is -2.59. The minimum Gasteiger partial charge on any atom is -0.480 e. The van der Waals surface area contributed by atoms with Gasteiger partial charge in [-0.2, -0.15) is 0 Å². The first kappa shape index (κ1) is 33.0. The second kappa shape index (κ2) is 15.4. The molecule has 216 valence electrons. The average molecular weight is 541 g/mol. The molecule has 1 aliphatic rings. The van der Waals surface area contributed by atoms with Crippen LogP contribution in [0.15, 0.2) is 0 Å². The summed E-state index contributed by atoms with van der Waals surface area (Å²) in [5.74, 6) is -5.20. The first-order valence-electron chi connectivity index (χ1n) is 13.1. The van der Waals surface area contributed by atoms with Crippen molar-refractivity contribution in [2.75, 3.05) is 6.54 Å². The minimum atomic E-state index is -1.77. The standard InChI is InChI=1S/C25H44N6O7/c1-14(2)13-19(29-15(3)32)23(36)31-18(8-4-5-12-26)22(35)30-17(9-10-20(27)33)21(34)16-7-6-11-25(16,28)24(37)38/h14,16-19H,4-13,26,28H2,1-3H3,(H2,27,33)(H,29,32)(H,30,35)(H,31,36)(H,37,38)/t16?,17-,18-,19-,25?/m0/s1. The zero-order valence-electron chi connectivity index (χ0n) is 22.6. The molecule has 13 nitrogen and oxygen atoms in total. The third-order valence-electron chi connectivity index (χ3n) is 6.77. The molecule has 0 saturated heterocycles. The largest absolute Gasteiger partial charge is 0.480 e. The van der Waals surface area contributed by atoms with Crippen LogP contribution in [0.2, 0.25) is 0 Å². The summed E-state index contributed by atoms with van der Waals surface area (Å²) in [6.07, 6.45) is 2.03. The van der Waals surface area contributed by atoms with Crippen LogP contribution in [0.4, 0.5) is 0 Å². The van der Waals surface area contributed by atoms with Gasteiger partial charge in [0.2, 0.25) is 23.6 Å². The number of carbonyl (C=O) groups excluding carboxylic acids is 5. The number of primary amides is 1. The normalized spacial score (nSPS) is 21.3. The molecule has 1 saturated carbocycles. The molecule has 0 aromatic rings. The minimum absolute atomic E-state index is 0.0788. The monoisotopic (exact) mass is 540 g/mol. The lowest BCUT2D eigenvalue weighted by molar-refractivity contribution is -0.148. The van der Waals surface area contributed by atoms with Crippen LogP contribution in [0.5, 0.6) is 0 Å². The van der Waals surface area contributed by atoms with E-state index >= 15 is 0 Å². The summed E-state index contributed by atoms with van der Waals surface area (Å²) in [5.41, 5.74) is 15.1. The molecule has 38 heavy (non-hydrogen) atoms. The smallest absolute Gasteiger partial charge is 0.324 e. The Morgan fingerprint density at radius 3 is 2.08 bits per heavy atom. The molecule has 1 rings (SSSR count). The fourth-order valence-corrected chi connectivity index (χ4v) is 4.75. The van der Waals surface area contributed by atoms with E-state index in [2.05, 4.69) is 16.0 Å². The molecule has 10 N–H and O–H groups in total. The summed E-state index contributed by atoms with van der Waals surface area (Å²) in [4.78, 5) is 74.7. The Labute approximate surface area is 223 Å². The summed E-state index contributed by atoms with van der Waals surface area (Å²) < 4.78 is 0. The van der Waals surface area contributed by atoms with Crippen molar-refractivity contribution in [3.8, 4) is 0 Å². The molecular formula is C25H44N6O7. The van der Waals surface area contributed by atoms with E-state index in [0.717, 1.165) is 0 Å². The third-order valence-corrected chi connectivity index (χ3v) is 6.77. The lowest BCUT2D eigenvalue weighted by atomic mass is 9.81. The molecule has 0 aliphatic heterocycles. The van der Waals surface area contributed by atoms with E-state index in [4.69, 9.17) is 17.2 Å². The number of aliphatic carboxylic acids is 1. The topological polar surface area (TPSA) is 237 Å². The summed E-state index contributed by atoms with van der Waals surface area (Å²) >= 11 is 0. The summed E-state index contributed by atoms with van der Waals surface area (Å²) in [7, 11) is 0. The number of rotatable bonds is 17. The molecule has 0 radical (unpaired) electrons. The number of amides is 4. The number of carboxylic acid groups (broad SMARTS) is 1. The van der Waals surface area contributed by atoms with E-state index in [0.29, 0.717) is 32.2 Å². The van der Waals surface area contributed by atoms with E-state index < -0.39 is 65.0 Å². The first-order chi connectivity index (χ1) is 17.7. The molecule has 0 bridgehead atoms. The predicted octanol–water partition coefficient (Wildman–Crippen LogP) is -0.947. The third kappa shape index (κ3) is 10.0. The number of nitrogens with two attached hydrogens (primary N) is 3. The van der Waals surface area contributed by atoms with E-state index in [1.807, 2.05) is 13.8 Å². The molecule has 0 spiro atoms. The van der Waals surface area contributed by atoms with Gasteiger partial charge in [-0.3, -0.25) is 28.8 Å². The van der Waals surface area contributed by atoms with Crippen molar-refractivity contribution in [3.05, 3.63) is 0 Å². The van der Waals surface area contributed by atoms with Crippen molar-refractivity contribution in [3.63, 3.8) is 0 Å². The second-order valence-corrected chi connectivity index (χ2v) is 10.5. The van der Waals surface area contributed by atoms with Crippen LogP contribution >= 0.6 is 0 Å². The van der Waals surface area contributed by atoms with Crippen molar-refractivity contribution in [1.82, 2.24) is 16.0 Å². The van der Waals surface area contributed by atoms with Crippen LogP contribution in [-0.4, -0.2) is 70.7 Å². The molecule has 0 aromatic carbocycles. The highest BCUT2D eigenvalue weighted by molar-refractivity contribution is 5.98. The van der Waals surface area contributed by atoms with Crippen molar-refractivity contribution < 1.29 is 33.9 Å². The number of hydrogen-bond donors (Lipinski definition) is 7. The van der Waals surface area contributed by atoms with Crippen molar-refractivity contribution in [2.45, 2.75) is 102 Å². The second-order valence-electron chi connectivity index (χ2n) is 10.5. The predicted molar refractivity (Wildman–Crippen MR) is 139 cm³/mol. The quantitative estimate of drug-likeness (QED) is 0.112. The maximum Gasteiger partial charge on any atom is 0.324 e. The van der Waals surface area contributed by atoms with E-state index in [9.17, 15) is 33.9 Å². The zero-order valence-corrected chi connectivity index (χ0v) is 22.6. The number of unbranched alkanes of at least 4 members (excludes halogenated alkanes) is 1. The molecule has 2 unspecified atom stereocenters. The summed E-state index contributed by atoms with van der Waals surface area (Å²) in [6, 6.07) is -3.15. The Hall–Kier alpha value is -3.06. The molecule has 13 heteroatoms. The Balaban J connectivity index is 3.17. The van der Waals surface area contributed by atoms with E-state index in [1.54, 1.807) is 0 Å². The Morgan fingerprint density at radius 1 is 0.947 bits per heavy atom. The highest BCUT2D eigenvalue weighted by Gasteiger charge is 2.51. The van der Waals surface area contributed by atoms with Gasteiger partial charge >= 0.3 is 5.97 Å². The van der Waals surface area contributed by atoms with Gasteiger partial charge in [0.1, 0.15) is 17.6 Å². The molecule has 4 amide bonds. The van der Waals surface area contributed by atoms with Crippen LogP contribution in [0.1, 0.15) is 78.6 Å². The van der Waals surface area contributed by atoms with Crippen LogP contribution in [0.25, 0.3) is 0 Å². The van der Waals surface area contributed by atoms with Gasteiger partial charge < -0.3 is 38.3 Å². The first-order valence-corrected chi connectivity index (χ1v) is 13.1. The van der Waals surface area contributed by atoms with Gasteiger partial charge in [-0.05, 0) is 57.4 Å². The van der Waals surface area contributed by atoms with Gasteiger partial charge in [-0.25, -0.2) is 0 Å². The van der Waals surface area contributed by atoms with E-state index in [1.165, 1.54) is 6.92 Å². The highest BCUT2D eigenvalue weighted by Crippen LogP contribution is 2.35. The van der Waals surface area contributed by atoms with Gasteiger partial charge in [-0.1, -0.05) is 20.3 Å². The zero-order chi connectivity index (χ0) is 29.0. The fourth-order valence-electron chi connectivity index (χ4n) is 4.75. The number of hydrogen-bond acceptors (Lipinski definition) is 8. The lowest BCUT2D eigenvalue weighted by Gasteiger charge is -2.30. The van der Waals surface area contributed by atoms with Crippen molar-refractivity contribution >= 4 is 35.4 Å². The molecular weight excluding hydrogens is 496 g/mol. The van der Waals surface area contributed by atoms with Crippen LogP contribution < -0.4 is 33.2 Å². The average Bonchev–Trinajstić information content (AvgIpc) is 3.22. The van der Waals surface area contributed by atoms with Gasteiger partial charge in [0.25, 0.3) is 0 Å². The van der Waals surface area contributed by atoms with Gasteiger partial charge in [0, 0.05) is 19.3 Å². The van der Waals surface area contributed by atoms with Gasteiger partial charge in [-0.15, -0.1) is 0 Å². The number of nitrogens with one attached hydrogen (secondary N) is 3. The molecule has 0 aromatic heterocycles. The van der Waals surface area contributed by atoms with E-state index in [-0.39, 0.29) is 38.0 Å². The summed E-state index contributed by atoms with van der Waals surface area (Å²) in [5, 5.41) is 17.5. The van der Waals surface area contributed by atoms with Crippen LogP contribution in [0, 0.1) is 11.8 Å². The van der Waals surface area contributed by atoms with Crippen LogP contribution in [-0.2, 0) is 28.8 Å². The maximum absolute atomic E-state index is 13.4. The molecule has 1 aliphatic carbocycles. The fraction of sp³-hybridized carbons (Fsp3) is 0.760. The molecule has 0 heterocycles. The number of ketones is 1. The maximum atomic E-state index is 13.4. The number of carboxylic acids is 1. The summed E-state index contributed by atoms with van der Waals surface area (Å²) in [6.45, 7) is 5.44. The molecule has 1 fully saturated rings. The van der Waals surface area contributed by atoms with Gasteiger partial charge in [0.05, 0.1) is 6.04 Å². The Morgan fingerprint density at radius 2 is 1.55 bits per heavy atom. The van der Waals surface area contributed by atoms with Gasteiger partial charge in [0.15, 0.2) is 5.78 Å². The van der Waals surface area contributed by atoms with Crippen molar-refractivity contribution in [2.24, 2.45) is 29.0 Å². The number of carbonyl (C=O) groups is 6. The SMILES string of the molecule is CC(=O)N[C@@H](CC(C)C)C(=O)N[C@@H](CCCCN)C(=O)N[C@@H](CCC(N)=O)C(=O)C1CCCC1(N)C(=O)O. The highest BCUT2D eigenvalue weighted by atomic mass is 16.4.